The van der Waals surface area contributed by atoms with Gasteiger partial charge in [-0.15, -0.1) is 0 Å². The van der Waals surface area contributed by atoms with Gasteiger partial charge in [0.15, 0.2) is 0 Å². The van der Waals surface area contributed by atoms with Crippen LogP contribution in [0.3, 0.4) is 0 Å². The Morgan fingerprint density at radius 3 is 2.41 bits per heavy atom. The Balaban J connectivity index is 1.70. The van der Waals surface area contributed by atoms with Crippen molar-refractivity contribution in [1.29, 1.82) is 0 Å². The number of ether oxygens (including phenoxy) is 1. The summed E-state index contributed by atoms with van der Waals surface area (Å²) in [6.45, 7) is 8.01. The zero-order chi connectivity index (χ0) is 16.2. The fraction of sp³-hybridized carbons (Fsp3) is 0.944. The van der Waals surface area contributed by atoms with E-state index in [-0.39, 0.29) is 12.1 Å². The Bertz CT molecular complexity index is 365. The van der Waals surface area contributed by atoms with Gasteiger partial charge in [-0.3, -0.25) is 0 Å². The van der Waals surface area contributed by atoms with Crippen molar-refractivity contribution >= 4 is 6.09 Å². The number of rotatable bonds is 4. The van der Waals surface area contributed by atoms with Crippen molar-refractivity contribution in [3.8, 4) is 0 Å². The van der Waals surface area contributed by atoms with Crippen LogP contribution in [0.1, 0.15) is 79.1 Å². The van der Waals surface area contributed by atoms with E-state index >= 15 is 0 Å². The van der Waals surface area contributed by atoms with Crippen LogP contribution in [0.2, 0.25) is 0 Å². The molecule has 2 aliphatic rings. The number of alkyl carbamates (subject to hydrolysis) is 1. The molecule has 1 amide bonds. The van der Waals surface area contributed by atoms with Crippen molar-refractivity contribution in [2.24, 2.45) is 5.92 Å². The number of carbonyl (C=O) groups excluding carboxylic acids is 1. The molecule has 0 heterocycles. The molecule has 0 spiro atoms. The Morgan fingerprint density at radius 2 is 1.73 bits per heavy atom. The first-order valence-corrected chi connectivity index (χ1v) is 9.11. The van der Waals surface area contributed by atoms with Gasteiger partial charge in [0, 0.05) is 18.1 Å². The van der Waals surface area contributed by atoms with Crippen LogP contribution >= 0.6 is 0 Å². The first kappa shape index (κ1) is 17.6. The number of hydrogen-bond acceptors (Lipinski definition) is 3. The lowest BCUT2D eigenvalue weighted by molar-refractivity contribution is 0.0505. The molecule has 128 valence electrons. The third-order valence-electron chi connectivity index (χ3n) is 4.99. The normalized spacial score (nSPS) is 32.7. The summed E-state index contributed by atoms with van der Waals surface area (Å²) >= 11 is 0. The van der Waals surface area contributed by atoms with E-state index in [1.54, 1.807) is 0 Å². The smallest absolute Gasteiger partial charge is 0.407 e. The maximum Gasteiger partial charge on any atom is 0.407 e. The topological polar surface area (TPSA) is 50.4 Å². The highest BCUT2D eigenvalue weighted by Crippen LogP contribution is 2.28. The van der Waals surface area contributed by atoms with E-state index in [0.29, 0.717) is 12.1 Å². The highest BCUT2D eigenvalue weighted by Gasteiger charge is 2.30. The quantitative estimate of drug-likeness (QED) is 0.825. The third kappa shape index (κ3) is 5.79. The van der Waals surface area contributed by atoms with Crippen LogP contribution in [0.5, 0.6) is 0 Å². The van der Waals surface area contributed by atoms with E-state index in [1.807, 2.05) is 20.8 Å². The van der Waals surface area contributed by atoms with E-state index in [4.69, 9.17) is 4.74 Å². The van der Waals surface area contributed by atoms with E-state index in [1.165, 1.54) is 32.1 Å². The summed E-state index contributed by atoms with van der Waals surface area (Å²) in [7, 11) is 0. The Morgan fingerprint density at radius 1 is 1.05 bits per heavy atom. The van der Waals surface area contributed by atoms with Gasteiger partial charge in [0.2, 0.25) is 0 Å². The summed E-state index contributed by atoms with van der Waals surface area (Å²) in [6, 6.07) is 1.50. The lowest BCUT2D eigenvalue weighted by Gasteiger charge is -2.31. The molecule has 0 aliphatic heterocycles. The molecule has 2 rings (SSSR count). The molecule has 2 aliphatic carbocycles. The highest BCUT2D eigenvalue weighted by atomic mass is 16.6. The Labute approximate surface area is 135 Å². The standard InChI is InChI=1S/C18H34N2O2/c1-5-13-7-6-8-14(11-13)19-15-9-10-16(12-15)20-17(21)22-18(2,3)4/h13-16,19H,5-12H2,1-4H3,(H,20,21). The summed E-state index contributed by atoms with van der Waals surface area (Å²) < 4.78 is 5.34. The van der Waals surface area contributed by atoms with Gasteiger partial charge in [-0.1, -0.05) is 26.2 Å². The van der Waals surface area contributed by atoms with E-state index in [0.717, 1.165) is 25.2 Å². The lowest BCUT2D eigenvalue weighted by Crippen LogP contribution is -2.42. The molecule has 0 aromatic rings. The second-order valence-corrected chi connectivity index (χ2v) is 8.16. The van der Waals surface area contributed by atoms with Crippen molar-refractivity contribution < 1.29 is 9.53 Å². The second kappa shape index (κ2) is 7.67. The van der Waals surface area contributed by atoms with Crippen LogP contribution in [0, 0.1) is 5.92 Å². The summed E-state index contributed by atoms with van der Waals surface area (Å²) in [5, 5.41) is 6.86. The van der Waals surface area contributed by atoms with Gasteiger partial charge in [0.25, 0.3) is 0 Å². The molecular formula is C18H34N2O2. The zero-order valence-electron chi connectivity index (χ0n) is 14.8. The summed E-state index contributed by atoms with van der Waals surface area (Å²) in [6.07, 6.45) is 9.70. The van der Waals surface area contributed by atoms with Crippen molar-refractivity contribution in [2.75, 3.05) is 0 Å². The number of hydrogen-bond donors (Lipinski definition) is 2. The molecule has 4 nitrogen and oxygen atoms in total. The minimum absolute atomic E-state index is 0.262. The molecule has 0 saturated heterocycles. The van der Waals surface area contributed by atoms with Crippen molar-refractivity contribution in [2.45, 2.75) is 103 Å². The Hall–Kier alpha value is -0.770. The zero-order valence-corrected chi connectivity index (χ0v) is 14.8. The molecule has 22 heavy (non-hydrogen) atoms. The number of nitrogens with one attached hydrogen (secondary N) is 2. The average Bonchev–Trinajstić information content (AvgIpc) is 2.83. The minimum Gasteiger partial charge on any atom is -0.444 e. The molecule has 0 bridgehead atoms. The first-order chi connectivity index (χ1) is 10.4. The SMILES string of the molecule is CCC1CCCC(NC2CCC(NC(=O)OC(C)(C)C)C2)C1. The molecule has 2 N–H and O–H groups in total. The summed E-state index contributed by atoms with van der Waals surface area (Å²) in [4.78, 5) is 11.8. The van der Waals surface area contributed by atoms with Crippen LogP contribution in [0.25, 0.3) is 0 Å². The molecule has 0 radical (unpaired) electrons. The van der Waals surface area contributed by atoms with Crippen LogP contribution in [-0.2, 0) is 4.74 Å². The molecule has 4 atom stereocenters. The van der Waals surface area contributed by atoms with E-state index in [9.17, 15) is 4.79 Å². The van der Waals surface area contributed by atoms with E-state index < -0.39 is 5.60 Å². The van der Waals surface area contributed by atoms with Gasteiger partial charge in [0.05, 0.1) is 0 Å². The van der Waals surface area contributed by atoms with Gasteiger partial charge >= 0.3 is 6.09 Å². The molecule has 2 fully saturated rings. The summed E-state index contributed by atoms with van der Waals surface area (Å²) in [5.41, 5.74) is -0.419. The van der Waals surface area contributed by atoms with Gasteiger partial charge in [-0.05, 0) is 58.8 Å². The molecule has 4 heteroatoms. The largest absolute Gasteiger partial charge is 0.444 e. The molecule has 0 aromatic carbocycles. The second-order valence-electron chi connectivity index (χ2n) is 8.16. The number of amides is 1. The molecular weight excluding hydrogens is 276 g/mol. The predicted molar refractivity (Wildman–Crippen MR) is 90.0 cm³/mol. The van der Waals surface area contributed by atoms with Crippen molar-refractivity contribution in [3.63, 3.8) is 0 Å². The minimum atomic E-state index is -0.419. The maximum atomic E-state index is 11.8. The van der Waals surface area contributed by atoms with Gasteiger partial charge in [-0.25, -0.2) is 4.79 Å². The first-order valence-electron chi connectivity index (χ1n) is 9.11. The fourth-order valence-corrected chi connectivity index (χ4v) is 3.88. The molecule has 2 saturated carbocycles. The predicted octanol–water partition coefficient (Wildman–Crippen LogP) is 3.99. The van der Waals surface area contributed by atoms with Crippen molar-refractivity contribution in [1.82, 2.24) is 10.6 Å². The van der Waals surface area contributed by atoms with Crippen LogP contribution in [-0.4, -0.2) is 29.8 Å². The van der Waals surface area contributed by atoms with Crippen LogP contribution < -0.4 is 10.6 Å². The fourth-order valence-electron chi connectivity index (χ4n) is 3.88. The van der Waals surface area contributed by atoms with Crippen LogP contribution in [0.4, 0.5) is 4.79 Å². The van der Waals surface area contributed by atoms with Gasteiger partial charge in [0.1, 0.15) is 5.60 Å². The van der Waals surface area contributed by atoms with Gasteiger partial charge < -0.3 is 15.4 Å². The monoisotopic (exact) mass is 310 g/mol. The molecule has 0 aromatic heterocycles. The maximum absolute atomic E-state index is 11.8. The third-order valence-corrected chi connectivity index (χ3v) is 4.99. The Kier molecular flexibility index (Phi) is 6.13. The van der Waals surface area contributed by atoms with E-state index in [2.05, 4.69) is 17.6 Å². The molecule has 4 unspecified atom stereocenters. The van der Waals surface area contributed by atoms with Crippen molar-refractivity contribution in [3.05, 3.63) is 0 Å². The highest BCUT2D eigenvalue weighted by molar-refractivity contribution is 5.68. The van der Waals surface area contributed by atoms with Crippen LogP contribution in [0.15, 0.2) is 0 Å². The number of carbonyl (C=O) groups is 1. The van der Waals surface area contributed by atoms with Gasteiger partial charge in [-0.2, -0.15) is 0 Å². The lowest BCUT2D eigenvalue weighted by atomic mass is 9.84. The summed E-state index contributed by atoms with van der Waals surface area (Å²) in [5.74, 6) is 0.906. The average molecular weight is 310 g/mol.